The Morgan fingerprint density at radius 1 is 0.935 bits per heavy atom. The van der Waals surface area contributed by atoms with Crippen LogP contribution in [0.25, 0.3) is 10.9 Å². The van der Waals surface area contributed by atoms with Crippen molar-refractivity contribution in [1.29, 1.82) is 0 Å². The highest BCUT2D eigenvalue weighted by atomic mass is 32.2. The summed E-state index contributed by atoms with van der Waals surface area (Å²) >= 11 is 1.33. The van der Waals surface area contributed by atoms with Crippen molar-refractivity contribution >= 4 is 34.3 Å². The number of fused-ring (bicyclic) bond motifs is 2. The summed E-state index contributed by atoms with van der Waals surface area (Å²) in [4.78, 5) is 32.8. The van der Waals surface area contributed by atoms with E-state index >= 15 is 0 Å². The lowest BCUT2D eigenvalue weighted by molar-refractivity contribution is -0.116. The molecule has 1 amide bonds. The van der Waals surface area contributed by atoms with Crippen molar-refractivity contribution in [3.8, 4) is 0 Å². The number of hydrogen-bond acceptors (Lipinski definition) is 4. The molecule has 1 aliphatic heterocycles. The average molecular weight is 428 g/mol. The molecule has 31 heavy (non-hydrogen) atoms. The summed E-state index contributed by atoms with van der Waals surface area (Å²) in [7, 11) is 0. The number of amides is 1. The van der Waals surface area contributed by atoms with E-state index in [4.69, 9.17) is 4.98 Å². The van der Waals surface area contributed by atoms with E-state index in [1.165, 1.54) is 17.3 Å². The van der Waals surface area contributed by atoms with Crippen LogP contribution in [0.15, 0.2) is 88.8 Å². The molecule has 0 spiro atoms. The van der Waals surface area contributed by atoms with Gasteiger partial charge in [-0.2, -0.15) is 0 Å². The van der Waals surface area contributed by atoms with Crippen LogP contribution in [0.3, 0.4) is 0 Å². The summed E-state index contributed by atoms with van der Waals surface area (Å²) < 4.78 is 1.67. The Labute approximate surface area is 184 Å². The van der Waals surface area contributed by atoms with E-state index < -0.39 is 0 Å². The second-order valence-electron chi connectivity index (χ2n) is 7.50. The molecule has 3 aromatic carbocycles. The fourth-order valence-corrected chi connectivity index (χ4v) is 4.84. The molecule has 0 saturated heterocycles. The van der Waals surface area contributed by atoms with Gasteiger partial charge in [0.05, 0.1) is 23.2 Å². The lowest BCUT2D eigenvalue weighted by Gasteiger charge is -2.18. The fourth-order valence-electron chi connectivity index (χ4n) is 3.96. The van der Waals surface area contributed by atoms with Crippen LogP contribution in [0, 0.1) is 0 Å². The van der Waals surface area contributed by atoms with Crippen molar-refractivity contribution in [2.45, 2.75) is 18.1 Å². The highest BCUT2D eigenvalue weighted by Gasteiger charge is 2.24. The second kappa shape index (κ2) is 8.40. The molecule has 0 fully saturated rings. The molecule has 5 rings (SSSR count). The molecule has 154 valence electrons. The molecule has 1 aliphatic rings. The van der Waals surface area contributed by atoms with Gasteiger partial charge in [-0.3, -0.25) is 14.2 Å². The summed E-state index contributed by atoms with van der Waals surface area (Å²) in [6.45, 7) is 1.11. The third kappa shape index (κ3) is 3.86. The summed E-state index contributed by atoms with van der Waals surface area (Å²) in [5.41, 5.74) is 3.77. The summed E-state index contributed by atoms with van der Waals surface area (Å²) in [5.74, 6) is 0.261. The molecule has 6 heteroatoms. The van der Waals surface area contributed by atoms with Gasteiger partial charge in [0.25, 0.3) is 5.56 Å². The van der Waals surface area contributed by atoms with Crippen LogP contribution >= 0.6 is 11.8 Å². The monoisotopic (exact) mass is 427 g/mol. The predicted molar refractivity (Wildman–Crippen MR) is 125 cm³/mol. The molecule has 0 atom stereocenters. The zero-order valence-electron chi connectivity index (χ0n) is 16.9. The minimum absolute atomic E-state index is 0.0311. The van der Waals surface area contributed by atoms with Crippen LogP contribution in [0.2, 0.25) is 0 Å². The van der Waals surface area contributed by atoms with E-state index in [0.717, 1.165) is 17.7 Å². The SMILES string of the molecule is O=C(CSc1nc2ccccc2c(=O)n1Cc1ccccc1)N1CCc2ccccc21. The van der Waals surface area contributed by atoms with E-state index in [0.29, 0.717) is 29.1 Å². The summed E-state index contributed by atoms with van der Waals surface area (Å²) in [6.07, 6.45) is 0.875. The summed E-state index contributed by atoms with van der Waals surface area (Å²) in [5, 5.41) is 1.15. The molecule has 0 bridgehead atoms. The number of rotatable bonds is 5. The molecule has 0 aliphatic carbocycles. The van der Waals surface area contributed by atoms with Gasteiger partial charge in [0.2, 0.25) is 5.91 Å². The van der Waals surface area contributed by atoms with Gasteiger partial charge in [0, 0.05) is 12.2 Å². The Morgan fingerprint density at radius 2 is 1.68 bits per heavy atom. The second-order valence-corrected chi connectivity index (χ2v) is 8.44. The fraction of sp³-hybridized carbons (Fsp3) is 0.160. The molecule has 0 unspecified atom stereocenters. The van der Waals surface area contributed by atoms with Gasteiger partial charge >= 0.3 is 0 Å². The van der Waals surface area contributed by atoms with E-state index in [1.54, 1.807) is 10.6 Å². The maximum Gasteiger partial charge on any atom is 0.262 e. The van der Waals surface area contributed by atoms with Gasteiger partial charge in [-0.25, -0.2) is 4.98 Å². The Balaban J connectivity index is 1.45. The Kier molecular flexibility index (Phi) is 5.30. The van der Waals surface area contributed by atoms with Crippen LogP contribution in [0.1, 0.15) is 11.1 Å². The molecule has 2 heterocycles. The largest absolute Gasteiger partial charge is 0.311 e. The first kappa shape index (κ1) is 19.6. The van der Waals surface area contributed by atoms with Gasteiger partial charge in [0.15, 0.2) is 5.16 Å². The molecule has 5 nitrogen and oxygen atoms in total. The van der Waals surface area contributed by atoms with E-state index in [-0.39, 0.29) is 17.2 Å². The summed E-state index contributed by atoms with van der Waals surface area (Å²) in [6, 6.07) is 25.2. The van der Waals surface area contributed by atoms with E-state index in [2.05, 4.69) is 6.07 Å². The first-order chi connectivity index (χ1) is 15.2. The van der Waals surface area contributed by atoms with E-state index in [1.807, 2.05) is 71.6 Å². The first-order valence-corrected chi connectivity index (χ1v) is 11.2. The standard InChI is InChI=1S/C25H21N3O2S/c29-23(27-15-14-19-10-4-7-13-22(19)27)17-31-25-26-21-12-6-5-11-20(21)24(30)28(25)16-18-8-2-1-3-9-18/h1-13H,14-17H2. The minimum Gasteiger partial charge on any atom is -0.311 e. The van der Waals surface area contributed by atoms with Gasteiger partial charge in [-0.1, -0.05) is 72.4 Å². The molecule has 0 saturated carbocycles. The number of anilines is 1. The van der Waals surface area contributed by atoms with Crippen LogP contribution in [-0.4, -0.2) is 27.8 Å². The third-order valence-corrected chi connectivity index (χ3v) is 6.48. The quantitative estimate of drug-likeness (QED) is 0.355. The molecule has 1 aromatic heterocycles. The Bertz CT molecular complexity index is 1320. The minimum atomic E-state index is -0.0871. The number of thioether (sulfide) groups is 1. The van der Waals surface area contributed by atoms with Gasteiger partial charge in [0.1, 0.15) is 0 Å². The van der Waals surface area contributed by atoms with Crippen molar-refractivity contribution in [1.82, 2.24) is 9.55 Å². The number of para-hydroxylation sites is 2. The maximum atomic E-state index is 13.2. The lowest BCUT2D eigenvalue weighted by atomic mass is 10.2. The van der Waals surface area contributed by atoms with Crippen LogP contribution in [0.4, 0.5) is 5.69 Å². The van der Waals surface area contributed by atoms with Gasteiger partial charge < -0.3 is 4.90 Å². The molecular formula is C25H21N3O2S. The normalized spacial score (nSPS) is 12.8. The number of nitrogens with zero attached hydrogens (tertiary/aromatic N) is 3. The number of carbonyl (C=O) groups excluding carboxylic acids is 1. The third-order valence-electron chi connectivity index (χ3n) is 5.52. The van der Waals surface area contributed by atoms with Crippen LogP contribution < -0.4 is 10.5 Å². The van der Waals surface area contributed by atoms with Crippen molar-refractivity contribution in [3.63, 3.8) is 0 Å². The molecule has 0 radical (unpaired) electrons. The highest BCUT2D eigenvalue weighted by Crippen LogP contribution is 2.29. The highest BCUT2D eigenvalue weighted by molar-refractivity contribution is 7.99. The van der Waals surface area contributed by atoms with Crippen molar-refractivity contribution < 1.29 is 4.79 Å². The first-order valence-electron chi connectivity index (χ1n) is 10.3. The number of benzene rings is 3. The van der Waals surface area contributed by atoms with Crippen molar-refractivity contribution in [3.05, 3.63) is 100 Å². The van der Waals surface area contributed by atoms with Crippen LogP contribution in [0.5, 0.6) is 0 Å². The number of aromatic nitrogens is 2. The topological polar surface area (TPSA) is 55.2 Å². The number of carbonyl (C=O) groups is 1. The van der Waals surface area contributed by atoms with Crippen molar-refractivity contribution in [2.24, 2.45) is 0 Å². The maximum absolute atomic E-state index is 13.2. The Morgan fingerprint density at radius 3 is 2.55 bits per heavy atom. The Hall–Kier alpha value is -3.38. The van der Waals surface area contributed by atoms with Crippen LogP contribution in [-0.2, 0) is 17.8 Å². The lowest BCUT2D eigenvalue weighted by Crippen LogP contribution is -2.31. The van der Waals surface area contributed by atoms with Gasteiger partial charge in [-0.05, 0) is 35.7 Å². The average Bonchev–Trinajstić information content (AvgIpc) is 3.25. The smallest absolute Gasteiger partial charge is 0.262 e. The number of hydrogen-bond donors (Lipinski definition) is 0. The zero-order valence-corrected chi connectivity index (χ0v) is 17.7. The van der Waals surface area contributed by atoms with Gasteiger partial charge in [-0.15, -0.1) is 0 Å². The van der Waals surface area contributed by atoms with Crippen molar-refractivity contribution in [2.75, 3.05) is 17.2 Å². The molecular weight excluding hydrogens is 406 g/mol. The predicted octanol–water partition coefficient (Wildman–Crippen LogP) is 4.13. The molecule has 4 aromatic rings. The van der Waals surface area contributed by atoms with E-state index in [9.17, 15) is 9.59 Å². The zero-order chi connectivity index (χ0) is 21.2. The molecule has 0 N–H and O–H groups in total.